The highest BCUT2D eigenvalue weighted by Gasteiger charge is 2.17. The third-order valence-corrected chi connectivity index (χ3v) is 4.03. The van der Waals surface area contributed by atoms with Crippen LogP contribution in [0.2, 0.25) is 5.02 Å². The molecule has 1 unspecified atom stereocenters. The summed E-state index contributed by atoms with van der Waals surface area (Å²) in [5.74, 6) is -0.359. The molecule has 0 heterocycles. The Morgan fingerprint density at radius 1 is 1.50 bits per heavy atom. The summed E-state index contributed by atoms with van der Waals surface area (Å²) in [5, 5.41) is 3.25. The number of hydrogen-bond donors (Lipinski definition) is 1. The van der Waals surface area contributed by atoms with Crippen LogP contribution in [0.4, 0.5) is 4.39 Å². The summed E-state index contributed by atoms with van der Waals surface area (Å²) in [6.45, 7) is 3.37. The van der Waals surface area contributed by atoms with Gasteiger partial charge in [-0.15, -0.1) is 0 Å². The third-order valence-electron chi connectivity index (χ3n) is 2.77. The zero-order valence-corrected chi connectivity index (χ0v) is 12.9. The fourth-order valence-corrected chi connectivity index (χ4v) is 2.28. The van der Waals surface area contributed by atoms with Gasteiger partial charge in [0.05, 0.1) is 5.02 Å². The van der Waals surface area contributed by atoms with Gasteiger partial charge in [0, 0.05) is 29.3 Å². The summed E-state index contributed by atoms with van der Waals surface area (Å²) in [5.41, 5.74) is 0.599. The van der Waals surface area contributed by atoms with Gasteiger partial charge in [-0.3, -0.25) is 0 Å². The molecule has 1 N–H and O–H groups in total. The molecule has 1 aromatic rings. The second-order valence-electron chi connectivity index (χ2n) is 3.94. The number of hydrogen-bond acceptors (Lipinski definition) is 2. The van der Waals surface area contributed by atoms with Gasteiger partial charge < -0.3 is 10.1 Å². The lowest BCUT2D eigenvalue weighted by atomic mass is 10.0. The molecule has 0 aliphatic heterocycles. The normalized spacial score (nSPS) is 12.7. The average molecular weight is 339 g/mol. The van der Waals surface area contributed by atoms with Crippen molar-refractivity contribution in [1.82, 2.24) is 5.32 Å². The zero-order chi connectivity index (χ0) is 13.5. The van der Waals surface area contributed by atoms with Gasteiger partial charge in [-0.25, -0.2) is 4.39 Å². The topological polar surface area (TPSA) is 21.3 Å². The minimum absolute atomic E-state index is 0.0453. The molecule has 0 aromatic heterocycles. The maximum Gasteiger partial charge on any atom is 0.147 e. The highest BCUT2D eigenvalue weighted by Crippen LogP contribution is 2.31. The van der Waals surface area contributed by atoms with E-state index in [-0.39, 0.29) is 16.9 Å². The first-order valence-electron chi connectivity index (χ1n) is 6.00. The molecule has 0 radical (unpaired) electrons. The van der Waals surface area contributed by atoms with E-state index in [4.69, 9.17) is 16.3 Å². The van der Waals surface area contributed by atoms with Crippen LogP contribution in [-0.2, 0) is 4.74 Å². The number of ether oxygens (including phenoxy) is 1. The molecule has 0 fully saturated rings. The van der Waals surface area contributed by atoms with Crippen molar-refractivity contribution in [3.63, 3.8) is 0 Å². The van der Waals surface area contributed by atoms with Gasteiger partial charge in [0.25, 0.3) is 0 Å². The van der Waals surface area contributed by atoms with Gasteiger partial charge in [0.2, 0.25) is 0 Å². The molecule has 2 nitrogen and oxygen atoms in total. The van der Waals surface area contributed by atoms with Crippen LogP contribution in [0.1, 0.15) is 31.4 Å². The van der Waals surface area contributed by atoms with E-state index in [9.17, 15) is 4.39 Å². The third kappa shape index (κ3) is 4.19. The number of rotatable bonds is 7. The molecule has 0 saturated carbocycles. The maximum absolute atomic E-state index is 14.0. The van der Waals surface area contributed by atoms with Crippen molar-refractivity contribution in [2.24, 2.45) is 0 Å². The predicted molar refractivity (Wildman–Crippen MR) is 76.6 cm³/mol. The quantitative estimate of drug-likeness (QED) is 0.590. The van der Waals surface area contributed by atoms with E-state index in [1.807, 2.05) is 14.0 Å². The summed E-state index contributed by atoms with van der Waals surface area (Å²) >= 11 is 9.11. The van der Waals surface area contributed by atoms with Crippen molar-refractivity contribution in [2.45, 2.75) is 25.8 Å². The van der Waals surface area contributed by atoms with Gasteiger partial charge >= 0.3 is 0 Å². The molecule has 5 heteroatoms. The van der Waals surface area contributed by atoms with Crippen LogP contribution in [0.25, 0.3) is 0 Å². The highest BCUT2D eigenvalue weighted by atomic mass is 79.9. The Hall–Kier alpha value is -0.160. The lowest BCUT2D eigenvalue weighted by molar-refractivity contribution is 0.141. The summed E-state index contributed by atoms with van der Waals surface area (Å²) in [7, 11) is 1.82. The Labute approximate surface area is 121 Å². The molecule has 1 atom stereocenters. The second-order valence-corrected chi connectivity index (χ2v) is 5.18. The first-order chi connectivity index (χ1) is 8.61. The van der Waals surface area contributed by atoms with Gasteiger partial charge in [0.15, 0.2) is 0 Å². The Bertz CT molecular complexity index is 389. The molecule has 0 aliphatic rings. The van der Waals surface area contributed by atoms with E-state index in [0.29, 0.717) is 23.2 Å². The van der Waals surface area contributed by atoms with E-state index in [2.05, 4.69) is 21.2 Å². The summed E-state index contributed by atoms with van der Waals surface area (Å²) in [4.78, 5) is 0. The van der Waals surface area contributed by atoms with Crippen molar-refractivity contribution in [2.75, 3.05) is 20.3 Å². The van der Waals surface area contributed by atoms with Gasteiger partial charge in [-0.2, -0.15) is 0 Å². The van der Waals surface area contributed by atoms with E-state index in [0.717, 1.165) is 12.8 Å². The lowest BCUT2D eigenvalue weighted by Gasteiger charge is -2.18. The minimum atomic E-state index is -0.359. The van der Waals surface area contributed by atoms with Crippen LogP contribution in [0, 0.1) is 5.82 Å². The van der Waals surface area contributed by atoms with E-state index >= 15 is 0 Å². The smallest absolute Gasteiger partial charge is 0.147 e. The Balaban J connectivity index is 2.73. The standard InChI is InChI=1S/C13H18BrClFNO/c1-3-18-8-4-5-11(17-2)9-6-7-10(14)12(15)13(9)16/h6-7,11,17H,3-5,8H2,1-2H3. The number of nitrogens with one attached hydrogen (secondary N) is 1. The molecule has 18 heavy (non-hydrogen) atoms. The maximum atomic E-state index is 14.0. The fraction of sp³-hybridized carbons (Fsp3) is 0.538. The SMILES string of the molecule is CCOCCCC(NC)c1ccc(Br)c(Cl)c1F. The predicted octanol–water partition coefficient (Wildman–Crippen LogP) is 4.32. The molecule has 0 spiro atoms. The van der Waals surface area contributed by atoms with Crippen molar-refractivity contribution in [3.05, 3.63) is 33.0 Å². The monoisotopic (exact) mass is 337 g/mol. The molecule has 1 rings (SSSR count). The van der Waals surface area contributed by atoms with Crippen LogP contribution in [0.15, 0.2) is 16.6 Å². The Kier molecular flexibility index (Phi) is 7.15. The van der Waals surface area contributed by atoms with Crippen LogP contribution in [0.5, 0.6) is 0 Å². The number of benzene rings is 1. The van der Waals surface area contributed by atoms with Crippen molar-refractivity contribution in [1.29, 1.82) is 0 Å². The summed E-state index contributed by atoms with van der Waals surface area (Å²) in [6, 6.07) is 3.48. The molecule has 1 aromatic carbocycles. The van der Waals surface area contributed by atoms with Crippen molar-refractivity contribution >= 4 is 27.5 Å². The van der Waals surface area contributed by atoms with E-state index in [1.165, 1.54) is 0 Å². The molecule has 0 saturated heterocycles. The van der Waals surface area contributed by atoms with Gasteiger partial charge in [0.1, 0.15) is 5.82 Å². The minimum Gasteiger partial charge on any atom is -0.382 e. The van der Waals surface area contributed by atoms with Crippen LogP contribution in [-0.4, -0.2) is 20.3 Å². The molecule has 0 amide bonds. The van der Waals surface area contributed by atoms with Gasteiger partial charge in [-0.1, -0.05) is 17.7 Å². The van der Waals surface area contributed by atoms with Gasteiger partial charge in [-0.05, 0) is 48.8 Å². The largest absolute Gasteiger partial charge is 0.382 e. The number of halogens is 3. The van der Waals surface area contributed by atoms with Crippen molar-refractivity contribution < 1.29 is 9.13 Å². The second kappa shape index (κ2) is 8.10. The average Bonchev–Trinajstić information content (AvgIpc) is 2.38. The first kappa shape index (κ1) is 15.9. The Morgan fingerprint density at radius 3 is 2.83 bits per heavy atom. The summed E-state index contributed by atoms with van der Waals surface area (Å²) < 4.78 is 19.9. The van der Waals surface area contributed by atoms with Crippen molar-refractivity contribution in [3.8, 4) is 0 Å². The first-order valence-corrected chi connectivity index (χ1v) is 7.17. The highest BCUT2D eigenvalue weighted by molar-refractivity contribution is 9.10. The van der Waals surface area contributed by atoms with Crippen LogP contribution >= 0.6 is 27.5 Å². The van der Waals surface area contributed by atoms with Crippen LogP contribution < -0.4 is 5.32 Å². The van der Waals surface area contributed by atoms with E-state index < -0.39 is 0 Å². The zero-order valence-electron chi connectivity index (χ0n) is 10.6. The molecule has 102 valence electrons. The van der Waals surface area contributed by atoms with E-state index in [1.54, 1.807) is 12.1 Å². The Morgan fingerprint density at radius 2 is 2.22 bits per heavy atom. The van der Waals surface area contributed by atoms with Crippen LogP contribution in [0.3, 0.4) is 0 Å². The molecule has 0 aliphatic carbocycles. The summed E-state index contributed by atoms with van der Waals surface area (Å²) in [6.07, 6.45) is 1.69. The lowest BCUT2D eigenvalue weighted by Crippen LogP contribution is -2.18. The molecule has 0 bridgehead atoms. The molecular weight excluding hydrogens is 321 g/mol. The fourth-order valence-electron chi connectivity index (χ4n) is 1.80. The molecular formula is C13H18BrClFNO.